The Kier molecular flexibility index (Phi) is 8.41. The second-order valence-corrected chi connectivity index (χ2v) is 14.6. The van der Waals surface area contributed by atoms with E-state index in [1.165, 1.54) is 5.56 Å². The van der Waals surface area contributed by atoms with Crippen LogP contribution in [0.1, 0.15) is 0 Å². The molecular weight excluding hydrogens is 723 g/mol. The largest absolute Gasteiger partial charge is 0.453 e. The third-order valence-corrected chi connectivity index (χ3v) is 11.0. The summed E-state index contributed by atoms with van der Waals surface area (Å²) in [5.74, 6) is 3.24. The van der Waals surface area contributed by atoms with Gasteiger partial charge in [0.15, 0.2) is 23.0 Å². The molecule has 5 heteroatoms. The fourth-order valence-corrected chi connectivity index (χ4v) is 8.22. The van der Waals surface area contributed by atoms with Gasteiger partial charge in [-0.1, -0.05) is 121 Å². The minimum absolute atomic E-state index is 0.785. The van der Waals surface area contributed by atoms with Crippen molar-refractivity contribution in [2.75, 3.05) is 14.7 Å². The summed E-state index contributed by atoms with van der Waals surface area (Å²) in [6.07, 6.45) is 0. The molecule has 0 unspecified atom stereocenters. The standard InChI is InChI=1S/C54H37N3O2/c1-4-14-38(15-5-1)39-24-29-44(30-25-39)55(46-33-35-50-54(37-46)59-52-23-13-11-21-48(52)57(50)43-18-8-3-9-19-43)45-31-26-40(27-32-45)41-28-34-49-53(36-41)58-51-22-12-10-20-47(51)56(49)42-16-6-2-7-17-42/h1-37H. The molecule has 59 heavy (non-hydrogen) atoms. The van der Waals surface area contributed by atoms with Crippen molar-refractivity contribution < 1.29 is 9.47 Å². The fourth-order valence-electron chi connectivity index (χ4n) is 8.22. The number of fused-ring (bicyclic) bond motifs is 4. The quantitative estimate of drug-likeness (QED) is 0.161. The van der Waals surface area contributed by atoms with Gasteiger partial charge in [-0.2, -0.15) is 0 Å². The SMILES string of the molecule is c1ccc(-c2ccc(N(c3ccc(-c4ccc5c(c4)Oc4ccccc4N5c4ccccc4)cc3)c3ccc4c(c3)Oc3ccccc3N4c3ccccc3)cc2)cc1. The van der Waals surface area contributed by atoms with Gasteiger partial charge in [0.05, 0.1) is 22.7 Å². The van der Waals surface area contributed by atoms with E-state index in [9.17, 15) is 0 Å². The number of nitrogens with zero attached hydrogens (tertiary/aromatic N) is 3. The first kappa shape index (κ1) is 34.2. The Hall–Kier alpha value is -8.02. The van der Waals surface area contributed by atoms with Crippen LogP contribution >= 0.6 is 0 Å². The number of rotatable bonds is 7. The predicted octanol–water partition coefficient (Wildman–Crippen LogP) is 15.6. The maximum atomic E-state index is 6.67. The van der Waals surface area contributed by atoms with Gasteiger partial charge in [0, 0.05) is 34.5 Å². The Labute approximate surface area is 343 Å². The average molecular weight is 760 g/mol. The fraction of sp³-hybridized carbons (Fsp3) is 0. The van der Waals surface area contributed by atoms with Crippen LogP contribution in [0.4, 0.5) is 51.2 Å². The summed E-state index contributed by atoms with van der Waals surface area (Å²) in [4.78, 5) is 6.83. The lowest BCUT2D eigenvalue weighted by Crippen LogP contribution is -2.16. The Morgan fingerprint density at radius 3 is 1.19 bits per heavy atom. The molecule has 0 saturated carbocycles. The van der Waals surface area contributed by atoms with Gasteiger partial charge in [-0.15, -0.1) is 0 Å². The van der Waals surface area contributed by atoms with E-state index in [0.717, 1.165) is 90.9 Å². The number of ether oxygens (including phenoxy) is 2. The zero-order chi connectivity index (χ0) is 39.1. The van der Waals surface area contributed by atoms with Crippen molar-refractivity contribution in [3.8, 4) is 45.3 Å². The van der Waals surface area contributed by atoms with E-state index in [0.29, 0.717) is 0 Å². The van der Waals surface area contributed by atoms with E-state index in [2.05, 4.69) is 197 Å². The molecule has 0 atom stereocenters. The molecule has 9 aromatic rings. The lowest BCUT2D eigenvalue weighted by molar-refractivity contribution is 0.477. The molecule has 11 rings (SSSR count). The molecule has 2 aliphatic heterocycles. The van der Waals surface area contributed by atoms with E-state index < -0.39 is 0 Å². The molecule has 2 heterocycles. The Bertz CT molecular complexity index is 2930. The number of anilines is 9. The van der Waals surface area contributed by atoms with Gasteiger partial charge in [0.2, 0.25) is 0 Å². The van der Waals surface area contributed by atoms with Gasteiger partial charge in [-0.3, -0.25) is 0 Å². The Balaban J connectivity index is 0.980. The monoisotopic (exact) mass is 759 g/mol. The van der Waals surface area contributed by atoms with Crippen LogP contribution < -0.4 is 24.2 Å². The zero-order valence-corrected chi connectivity index (χ0v) is 32.0. The number of benzene rings is 9. The van der Waals surface area contributed by atoms with Gasteiger partial charge >= 0.3 is 0 Å². The number of hydrogen-bond donors (Lipinski definition) is 0. The molecule has 0 spiro atoms. The molecule has 0 radical (unpaired) electrons. The van der Waals surface area contributed by atoms with Crippen molar-refractivity contribution in [2.45, 2.75) is 0 Å². The van der Waals surface area contributed by atoms with Crippen LogP contribution in [0.15, 0.2) is 224 Å². The van der Waals surface area contributed by atoms with Crippen LogP contribution in [0, 0.1) is 0 Å². The summed E-state index contributed by atoms with van der Waals surface area (Å²) >= 11 is 0. The van der Waals surface area contributed by atoms with E-state index in [1.54, 1.807) is 0 Å². The summed E-state index contributed by atoms with van der Waals surface area (Å²) < 4.78 is 13.2. The van der Waals surface area contributed by atoms with Crippen molar-refractivity contribution in [1.82, 2.24) is 0 Å². The first-order valence-electron chi connectivity index (χ1n) is 19.8. The number of para-hydroxylation sites is 6. The van der Waals surface area contributed by atoms with Crippen LogP contribution in [-0.2, 0) is 0 Å². The summed E-state index contributed by atoms with van der Waals surface area (Å²) in [6, 6.07) is 78.3. The van der Waals surface area contributed by atoms with Gasteiger partial charge in [0.1, 0.15) is 0 Å². The minimum Gasteiger partial charge on any atom is -0.453 e. The van der Waals surface area contributed by atoms with E-state index in [1.807, 2.05) is 42.5 Å². The maximum absolute atomic E-state index is 6.67. The van der Waals surface area contributed by atoms with Crippen LogP contribution in [-0.4, -0.2) is 0 Å². The first-order valence-corrected chi connectivity index (χ1v) is 19.8. The van der Waals surface area contributed by atoms with Crippen LogP contribution in [0.2, 0.25) is 0 Å². The van der Waals surface area contributed by atoms with Gasteiger partial charge in [-0.05, 0) is 119 Å². The second kappa shape index (κ2) is 14.5. The molecule has 9 aromatic carbocycles. The molecule has 0 fully saturated rings. The van der Waals surface area contributed by atoms with E-state index >= 15 is 0 Å². The highest BCUT2D eigenvalue weighted by atomic mass is 16.5. The molecule has 0 bridgehead atoms. The number of hydrogen-bond acceptors (Lipinski definition) is 5. The van der Waals surface area contributed by atoms with Crippen molar-refractivity contribution in [1.29, 1.82) is 0 Å². The molecule has 0 saturated heterocycles. The van der Waals surface area contributed by atoms with E-state index in [-0.39, 0.29) is 0 Å². The topological polar surface area (TPSA) is 28.2 Å². The van der Waals surface area contributed by atoms with Gasteiger partial charge < -0.3 is 24.2 Å². The first-order chi connectivity index (χ1) is 29.2. The highest BCUT2D eigenvalue weighted by molar-refractivity contribution is 5.90. The lowest BCUT2D eigenvalue weighted by atomic mass is 10.0. The second-order valence-electron chi connectivity index (χ2n) is 14.6. The molecule has 0 aromatic heterocycles. The summed E-state index contributed by atoms with van der Waals surface area (Å²) in [5, 5.41) is 0. The molecule has 0 amide bonds. The third-order valence-electron chi connectivity index (χ3n) is 11.0. The molecule has 0 N–H and O–H groups in total. The Morgan fingerprint density at radius 2 is 0.644 bits per heavy atom. The zero-order valence-electron chi connectivity index (χ0n) is 32.0. The van der Waals surface area contributed by atoms with Gasteiger partial charge in [0.25, 0.3) is 0 Å². The Morgan fingerprint density at radius 1 is 0.271 bits per heavy atom. The van der Waals surface area contributed by atoms with Crippen LogP contribution in [0.3, 0.4) is 0 Å². The summed E-state index contributed by atoms with van der Waals surface area (Å²) in [6.45, 7) is 0. The highest BCUT2D eigenvalue weighted by Gasteiger charge is 2.28. The summed E-state index contributed by atoms with van der Waals surface area (Å²) in [7, 11) is 0. The molecule has 0 aliphatic carbocycles. The minimum atomic E-state index is 0.785. The van der Waals surface area contributed by atoms with Crippen molar-refractivity contribution in [3.05, 3.63) is 224 Å². The van der Waals surface area contributed by atoms with Crippen molar-refractivity contribution in [3.63, 3.8) is 0 Å². The van der Waals surface area contributed by atoms with Crippen molar-refractivity contribution in [2.24, 2.45) is 0 Å². The average Bonchev–Trinajstić information content (AvgIpc) is 3.31. The van der Waals surface area contributed by atoms with E-state index in [4.69, 9.17) is 9.47 Å². The predicted molar refractivity (Wildman–Crippen MR) is 242 cm³/mol. The summed E-state index contributed by atoms with van der Waals surface area (Å²) in [5.41, 5.74) is 13.7. The van der Waals surface area contributed by atoms with Crippen molar-refractivity contribution >= 4 is 51.2 Å². The third kappa shape index (κ3) is 6.22. The maximum Gasteiger partial charge on any atom is 0.153 e. The molecule has 280 valence electrons. The molecular formula is C54H37N3O2. The van der Waals surface area contributed by atoms with Crippen LogP contribution in [0.5, 0.6) is 23.0 Å². The normalized spacial score (nSPS) is 12.3. The molecule has 2 aliphatic rings. The smallest absolute Gasteiger partial charge is 0.153 e. The van der Waals surface area contributed by atoms with Gasteiger partial charge in [-0.25, -0.2) is 0 Å². The van der Waals surface area contributed by atoms with Crippen LogP contribution in [0.25, 0.3) is 22.3 Å². The lowest BCUT2D eigenvalue weighted by Gasteiger charge is -2.34. The molecule has 5 nitrogen and oxygen atoms in total. The highest BCUT2D eigenvalue weighted by Crippen LogP contribution is 2.53.